The van der Waals surface area contributed by atoms with Gasteiger partial charge < -0.3 is 15.5 Å². The zero-order valence-electron chi connectivity index (χ0n) is 11.1. The topological polar surface area (TPSA) is 142 Å². The van der Waals surface area contributed by atoms with E-state index >= 15 is 0 Å². The molecular formula is C12H12ClN3O6. The van der Waals surface area contributed by atoms with Crippen LogP contribution in [0.2, 0.25) is 5.02 Å². The number of carbonyl (C=O) groups is 2. The highest BCUT2D eigenvalue weighted by atomic mass is 35.5. The normalized spacial score (nSPS) is 13.5. The monoisotopic (exact) mass is 329 g/mol. The van der Waals surface area contributed by atoms with Crippen molar-refractivity contribution < 1.29 is 24.7 Å². The van der Waals surface area contributed by atoms with Gasteiger partial charge in [0.05, 0.1) is 9.95 Å². The van der Waals surface area contributed by atoms with E-state index in [1.54, 1.807) is 0 Å². The summed E-state index contributed by atoms with van der Waals surface area (Å²) in [5.74, 6) is -2.71. The Labute approximate surface area is 129 Å². The number of hydrogen-bond donors (Lipinski definition) is 4. The van der Waals surface area contributed by atoms with Gasteiger partial charge in [-0.15, -0.1) is 0 Å². The van der Waals surface area contributed by atoms with Crippen LogP contribution in [0, 0.1) is 16.0 Å². The summed E-state index contributed by atoms with van der Waals surface area (Å²) in [7, 11) is 0. The maximum Gasteiger partial charge on any atom is 0.328 e. The molecule has 0 bridgehead atoms. The first-order valence-corrected chi connectivity index (χ1v) is 6.67. The second kappa shape index (κ2) is 6.06. The average molecular weight is 330 g/mol. The summed E-state index contributed by atoms with van der Waals surface area (Å²) in [4.78, 5) is 33.4. The number of benzene rings is 1. The SMILES string of the molecule is O=C(NCC1CC1)NC(=O)c1c(Cl)cc(O)c(O)c1[N+](=O)[O-]. The summed E-state index contributed by atoms with van der Waals surface area (Å²) in [5.41, 5.74) is -1.78. The van der Waals surface area contributed by atoms with E-state index in [1.807, 2.05) is 5.32 Å². The molecule has 0 spiro atoms. The second-order valence-electron chi connectivity index (χ2n) is 4.81. The number of halogens is 1. The lowest BCUT2D eigenvalue weighted by molar-refractivity contribution is -0.386. The van der Waals surface area contributed by atoms with Crippen molar-refractivity contribution in [1.29, 1.82) is 0 Å². The van der Waals surface area contributed by atoms with Crippen LogP contribution >= 0.6 is 11.6 Å². The number of phenolic OH excluding ortho intramolecular Hbond substituents is 2. The smallest absolute Gasteiger partial charge is 0.328 e. The molecule has 0 radical (unpaired) electrons. The molecule has 0 unspecified atom stereocenters. The molecule has 0 aromatic heterocycles. The maximum atomic E-state index is 12.0. The van der Waals surface area contributed by atoms with Crippen LogP contribution < -0.4 is 10.6 Å². The van der Waals surface area contributed by atoms with Crippen molar-refractivity contribution in [2.45, 2.75) is 12.8 Å². The Balaban J connectivity index is 2.22. The minimum atomic E-state index is -1.15. The molecule has 10 heteroatoms. The molecule has 118 valence electrons. The maximum absolute atomic E-state index is 12.0. The van der Waals surface area contributed by atoms with E-state index in [9.17, 15) is 29.9 Å². The lowest BCUT2D eigenvalue weighted by Crippen LogP contribution is -2.40. The number of nitrogens with zero attached hydrogens (tertiary/aromatic N) is 1. The number of urea groups is 1. The van der Waals surface area contributed by atoms with Crippen LogP contribution in [0.4, 0.5) is 10.5 Å². The molecular weight excluding hydrogens is 318 g/mol. The Morgan fingerprint density at radius 2 is 2.05 bits per heavy atom. The number of phenols is 2. The van der Waals surface area contributed by atoms with E-state index < -0.39 is 44.6 Å². The van der Waals surface area contributed by atoms with Gasteiger partial charge >= 0.3 is 11.7 Å². The van der Waals surface area contributed by atoms with Crippen LogP contribution in [-0.2, 0) is 0 Å². The predicted molar refractivity (Wildman–Crippen MR) is 75.0 cm³/mol. The summed E-state index contributed by atoms with van der Waals surface area (Å²) in [6.45, 7) is 0.399. The molecule has 1 aliphatic carbocycles. The molecule has 1 aliphatic rings. The molecule has 0 heterocycles. The third-order valence-electron chi connectivity index (χ3n) is 3.09. The first-order valence-electron chi connectivity index (χ1n) is 6.29. The molecule has 1 aromatic rings. The second-order valence-corrected chi connectivity index (χ2v) is 5.22. The first kappa shape index (κ1) is 15.8. The number of carbonyl (C=O) groups excluding carboxylic acids is 2. The number of nitro groups is 1. The minimum absolute atomic E-state index is 0.386. The molecule has 1 aromatic carbocycles. The number of nitrogens with one attached hydrogen (secondary N) is 2. The van der Waals surface area contributed by atoms with Gasteiger partial charge in [-0.25, -0.2) is 4.79 Å². The number of rotatable bonds is 4. The Bertz CT molecular complexity index is 659. The van der Waals surface area contributed by atoms with Gasteiger partial charge in [-0.2, -0.15) is 0 Å². The van der Waals surface area contributed by atoms with E-state index in [0.29, 0.717) is 12.5 Å². The first-order chi connectivity index (χ1) is 10.3. The Morgan fingerprint density at radius 1 is 1.41 bits per heavy atom. The van der Waals surface area contributed by atoms with Crippen molar-refractivity contribution in [3.8, 4) is 11.5 Å². The van der Waals surface area contributed by atoms with Crippen molar-refractivity contribution in [3.05, 3.63) is 26.8 Å². The zero-order chi connectivity index (χ0) is 16.4. The van der Waals surface area contributed by atoms with Gasteiger partial charge in [0.15, 0.2) is 5.75 Å². The van der Waals surface area contributed by atoms with Crippen LogP contribution in [0.15, 0.2) is 6.07 Å². The van der Waals surface area contributed by atoms with Crippen molar-refractivity contribution >= 4 is 29.2 Å². The summed E-state index contributed by atoms with van der Waals surface area (Å²) in [6, 6.07) is -0.0456. The molecule has 4 N–H and O–H groups in total. The van der Waals surface area contributed by atoms with Crippen LogP contribution in [0.1, 0.15) is 23.2 Å². The van der Waals surface area contributed by atoms with Gasteiger partial charge in [0.1, 0.15) is 5.56 Å². The van der Waals surface area contributed by atoms with E-state index in [2.05, 4.69) is 5.32 Å². The fourth-order valence-corrected chi connectivity index (χ4v) is 2.05. The summed E-state index contributed by atoms with van der Waals surface area (Å²) in [6.07, 6.45) is 1.99. The molecule has 1 fully saturated rings. The summed E-state index contributed by atoms with van der Waals surface area (Å²) >= 11 is 5.70. The highest BCUT2D eigenvalue weighted by molar-refractivity contribution is 6.35. The molecule has 0 aliphatic heterocycles. The Morgan fingerprint density at radius 3 is 2.59 bits per heavy atom. The third kappa shape index (κ3) is 3.37. The number of amides is 3. The fraction of sp³-hybridized carbons (Fsp3) is 0.333. The van der Waals surface area contributed by atoms with Gasteiger partial charge in [0.25, 0.3) is 5.91 Å². The third-order valence-corrected chi connectivity index (χ3v) is 3.39. The summed E-state index contributed by atoms with van der Waals surface area (Å²) in [5, 5.41) is 33.7. The van der Waals surface area contributed by atoms with Gasteiger partial charge in [-0.1, -0.05) is 11.6 Å². The van der Waals surface area contributed by atoms with Gasteiger partial charge in [-0.3, -0.25) is 20.2 Å². The molecule has 2 rings (SSSR count). The molecule has 0 atom stereocenters. The van der Waals surface area contributed by atoms with Crippen molar-refractivity contribution in [2.75, 3.05) is 6.54 Å². The van der Waals surface area contributed by atoms with E-state index in [4.69, 9.17) is 11.6 Å². The highest BCUT2D eigenvalue weighted by Gasteiger charge is 2.32. The van der Waals surface area contributed by atoms with E-state index in [0.717, 1.165) is 18.9 Å². The Hall–Kier alpha value is -2.55. The lowest BCUT2D eigenvalue weighted by Gasteiger charge is -2.09. The van der Waals surface area contributed by atoms with Crippen LogP contribution in [-0.4, -0.2) is 33.6 Å². The quantitative estimate of drug-likeness (QED) is 0.374. The summed E-state index contributed by atoms with van der Waals surface area (Å²) < 4.78 is 0. The van der Waals surface area contributed by atoms with E-state index in [-0.39, 0.29) is 0 Å². The van der Waals surface area contributed by atoms with E-state index in [1.165, 1.54) is 0 Å². The molecule has 1 saturated carbocycles. The number of hydrogen-bond acceptors (Lipinski definition) is 6. The van der Waals surface area contributed by atoms with Crippen molar-refractivity contribution in [2.24, 2.45) is 5.92 Å². The van der Waals surface area contributed by atoms with Crippen LogP contribution in [0.3, 0.4) is 0 Å². The standard InChI is InChI=1S/C12H12ClN3O6/c13-6-3-7(17)10(18)9(16(21)22)8(6)11(19)15-12(20)14-4-5-1-2-5/h3,5,17-18H,1-2,4H2,(H2,14,15,19,20). The predicted octanol–water partition coefficient (Wildman–Crippen LogP) is 1.51. The molecule has 9 nitrogen and oxygen atoms in total. The fourth-order valence-electron chi connectivity index (χ4n) is 1.78. The number of nitro benzene ring substituents is 1. The number of imide groups is 1. The molecule has 3 amide bonds. The highest BCUT2D eigenvalue weighted by Crippen LogP contribution is 2.41. The largest absolute Gasteiger partial charge is 0.504 e. The van der Waals surface area contributed by atoms with Crippen molar-refractivity contribution in [1.82, 2.24) is 10.6 Å². The van der Waals surface area contributed by atoms with Crippen LogP contribution in [0.25, 0.3) is 0 Å². The van der Waals surface area contributed by atoms with Gasteiger partial charge in [0, 0.05) is 12.6 Å². The van der Waals surface area contributed by atoms with Crippen LogP contribution in [0.5, 0.6) is 11.5 Å². The number of aromatic hydroxyl groups is 2. The lowest BCUT2D eigenvalue weighted by atomic mass is 10.1. The van der Waals surface area contributed by atoms with Gasteiger partial charge in [0.2, 0.25) is 5.75 Å². The minimum Gasteiger partial charge on any atom is -0.504 e. The molecule has 0 saturated heterocycles. The zero-order valence-corrected chi connectivity index (χ0v) is 11.9. The Kier molecular flexibility index (Phi) is 4.36. The van der Waals surface area contributed by atoms with Gasteiger partial charge in [-0.05, 0) is 18.8 Å². The average Bonchev–Trinajstić information content (AvgIpc) is 3.23. The molecule has 22 heavy (non-hydrogen) atoms. The van der Waals surface area contributed by atoms with Crippen molar-refractivity contribution in [3.63, 3.8) is 0 Å².